The zero-order valence-electron chi connectivity index (χ0n) is 17.9. The maximum atomic E-state index is 12.9. The van der Waals surface area contributed by atoms with E-state index in [-0.39, 0.29) is 18.1 Å². The Balaban J connectivity index is 1.87. The van der Waals surface area contributed by atoms with Crippen LogP contribution in [0.15, 0.2) is 24.4 Å². The minimum atomic E-state index is -0.472. The van der Waals surface area contributed by atoms with Crippen molar-refractivity contribution < 1.29 is 14.6 Å². The number of hydrogen-bond donors (Lipinski definition) is 6. The molecule has 4 rings (SSSR count). The highest BCUT2D eigenvalue weighted by molar-refractivity contribution is 6.00. The second-order valence-corrected chi connectivity index (χ2v) is 7.58. The fraction of sp³-hybridized carbons (Fsp3) is 0.350. The summed E-state index contributed by atoms with van der Waals surface area (Å²) in [6.07, 6.45) is 1.88. The lowest BCUT2D eigenvalue weighted by molar-refractivity contribution is 0.0842. The molecule has 0 aliphatic carbocycles. The van der Waals surface area contributed by atoms with E-state index in [0.29, 0.717) is 54.0 Å². The molecule has 1 amide bonds. The van der Waals surface area contributed by atoms with Crippen molar-refractivity contribution >= 4 is 40.3 Å². The molecule has 3 heterocycles. The van der Waals surface area contributed by atoms with Gasteiger partial charge in [-0.15, -0.1) is 0 Å². The summed E-state index contributed by atoms with van der Waals surface area (Å²) in [7, 11) is 3.45. The Labute approximate surface area is 184 Å². The Morgan fingerprint density at radius 2 is 2.22 bits per heavy atom. The number of nitrogens with zero attached hydrogens (tertiary/aromatic N) is 4. The number of hydrazine groups is 1. The Morgan fingerprint density at radius 3 is 2.94 bits per heavy atom. The largest absolute Gasteiger partial charge is 0.395 e. The highest BCUT2D eigenvalue weighted by Crippen LogP contribution is 2.34. The first-order valence-electron chi connectivity index (χ1n) is 10.1. The first-order chi connectivity index (χ1) is 15.4. The number of carbonyl (C=O) groups is 1. The van der Waals surface area contributed by atoms with Gasteiger partial charge in [-0.2, -0.15) is 9.61 Å². The summed E-state index contributed by atoms with van der Waals surface area (Å²) in [6.45, 7) is 0.428. The maximum Gasteiger partial charge on any atom is 0.257 e. The summed E-state index contributed by atoms with van der Waals surface area (Å²) in [5.41, 5.74) is 9.53. The monoisotopic (exact) mass is 441 g/mol. The lowest BCUT2D eigenvalue weighted by atomic mass is 10.1. The number of aliphatic hydroxyl groups is 1. The Morgan fingerprint density at radius 1 is 1.41 bits per heavy atom. The summed E-state index contributed by atoms with van der Waals surface area (Å²) in [4.78, 5) is 17.5. The van der Waals surface area contributed by atoms with Gasteiger partial charge in [0.15, 0.2) is 5.65 Å². The van der Waals surface area contributed by atoms with Crippen LogP contribution in [0, 0.1) is 0 Å². The molecule has 8 N–H and O–H groups in total. The van der Waals surface area contributed by atoms with Gasteiger partial charge < -0.3 is 36.5 Å². The molecule has 1 unspecified atom stereocenters. The molecule has 12 heteroatoms. The molecule has 0 fully saturated rings. The fourth-order valence-corrected chi connectivity index (χ4v) is 3.57. The van der Waals surface area contributed by atoms with Crippen molar-refractivity contribution in [2.75, 3.05) is 48.7 Å². The van der Waals surface area contributed by atoms with Crippen LogP contribution in [0.3, 0.4) is 0 Å². The number of nitrogens with one attached hydrogen (secondary N) is 3. The molecular formula is C20H27N9O3. The van der Waals surface area contributed by atoms with Gasteiger partial charge in [-0.05, 0) is 24.1 Å². The van der Waals surface area contributed by atoms with Gasteiger partial charge in [-0.25, -0.2) is 10.8 Å². The molecule has 1 aliphatic heterocycles. The number of fused-ring (bicyclic) bond motifs is 3. The molecule has 32 heavy (non-hydrogen) atoms. The van der Waals surface area contributed by atoms with E-state index in [9.17, 15) is 9.90 Å². The van der Waals surface area contributed by atoms with Crippen LogP contribution in [-0.4, -0.2) is 59.0 Å². The fourth-order valence-electron chi connectivity index (χ4n) is 3.57. The van der Waals surface area contributed by atoms with E-state index in [1.54, 1.807) is 20.2 Å². The first kappa shape index (κ1) is 21.6. The molecule has 0 radical (unpaired) electrons. The third-order valence-corrected chi connectivity index (χ3v) is 5.27. The van der Waals surface area contributed by atoms with Crippen LogP contribution < -0.4 is 32.5 Å². The number of aliphatic hydroxyl groups excluding tert-OH is 1. The number of ether oxygens (including phenoxy) is 1. The van der Waals surface area contributed by atoms with E-state index in [0.717, 1.165) is 5.56 Å². The van der Waals surface area contributed by atoms with Crippen molar-refractivity contribution in [3.63, 3.8) is 0 Å². The van der Waals surface area contributed by atoms with E-state index >= 15 is 0 Å². The summed E-state index contributed by atoms with van der Waals surface area (Å²) < 4.78 is 7.32. The number of nitrogens with two attached hydrogens (primary N) is 2. The maximum absolute atomic E-state index is 12.9. The highest BCUT2D eigenvalue weighted by Gasteiger charge is 2.21. The molecule has 12 nitrogen and oxygen atoms in total. The standard InChI is InChI=1S/C20H27N9O3/c1-23-17-7-16-26-14-5-11(6-15(18(14)21)28(2)22)10-32-4-3-12(9-30)25-20(31)13-8-24-29(17)19(13)27-16/h5-8,12,23,30H,3-4,9-10,21-22H2,1-2H3,(H,25,31)(H,26,27). The number of amides is 1. The Hall–Kier alpha value is -3.61. The third kappa shape index (κ3) is 4.10. The lowest BCUT2D eigenvalue weighted by Crippen LogP contribution is -2.38. The normalized spacial score (nSPS) is 16.8. The number of rotatable bonds is 3. The van der Waals surface area contributed by atoms with Crippen LogP contribution in [0.25, 0.3) is 5.65 Å². The number of hydrogen-bond acceptors (Lipinski definition) is 10. The highest BCUT2D eigenvalue weighted by atomic mass is 16.5. The molecule has 1 atom stereocenters. The minimum Gasteiger partial charge on any atom is -0.395 e. The predicted octanol–water partition coefficient (Wildman–Crippen LogP) is 0.418. The molecule has 2 aromatic heterocycles. The molecule has 0 spiro atoms. The van der Waals surface area contributed by atoms with E-state index in [2.05, 4.69) is 26.0 Å². The number of aromatic nitrogens is 3. The van der Waals surface area contributed by atoms with Gasteiger partial charge in [-0.1, -0.05) is 0 Å². The third-order valence-electron chi connectivity index (χ3n) is 5.27. The van der Waals surface area contributed by atoms with Crippen molar-refractivity contribution in [2.45, 2.75) is 19.1 Å². The van der Waals surface area contributed by atoms with Gasteiger partial charge in [0.05, 0.1) is 42.5 Å². The molecule has 0 saturated heterocycles. The molecule has 170 valence electrons. The SMILES string of the molecule is CNc1cc2nc3c(cnn13)C(=O)NC(CO)CCOCc1cc(c(N)c(N(C)N)c1)N2. The molecular weight excluding hydrogens is 414 g/mol. The first-order valence-corrected chi connectivity index (χ1v) is 10.1. The Kier molecular flexibility index (Phi) is 5.99. The smallest absolute Gasteiger partial charge is 0.257 e. The number of nitrogen functional groups attached to an aromatic ring is 1. The average Bonchev–Trinajstić information content (AvgIpc) is 3.20. The lowest BCUT2D eigenvalue weighted by Gasteiger charge is -2.20. The van der Waals surface area contributed by atoms with Crippen molar-refractivity contribution in [1.82, 2.24) is 19.9 Å². The van der Waals surface area contributed by atoms with Crippen LogP contribution in [0.4, 0.5) is 28.7 Å². The van der Waals surface area contributed by atoms with E-state index in [4.69, 9.17) is 16.3 Å². The van der Waals surface area contributed by atoms with Gasteiger partial charge in [-0.3, -0.25) is 4.79 Å². The molecule has 4 bridgehead atoms. The van der Waals surface area contributed by atoms with Crippen LogP contribution in [0.1, 0.15) is 22.3 Å². The van der Waals surface area contributed by atoms with Crippen LogP contribution >= 0.6 is 0 Å². The van der Waals surface area contributed by atoms with E-state index < -0.39 is 6.04 Å². The average molecular weight is 441 g/mol. The van der Waals surface area contributed by atoms with Crippen molar-refractivity contribution in [3.05, 3.63) is 35.5 Å². The van der Waals surface area contributed by atoms with Crippen LogP contribution in [-0.2, 0) is 11.3 Å². The van der Waals surface area contributed by atoms with Gasteiger partial charge >= 0.3 is 0 Å². The zero-order valence-corrected chi connectivity index (χ0v) is 17.9. The van der Waals surface area contributed by atoms with Gasteiger partial charge in [0.1, 0.15) is 17.2 Å². The van der Waals surface area contributed by atoms with Crippen LogP contribution in [0.2, 0.25) is 0 Å². The van der Waals surface area contributed by atoms with Gasteiger partial charge in [0.25, 0.3) is 5.91 Å². The molecule has 1 aromatic carbocycles. The summed E-state index contributed by atoms with van der Waals surface area (Å²) in [5, 5.41) is 24.5. The van der Waals surface area contributed by atoms with Gasteiger partial charge in [0, 0.05) is 26.8 Å². The topological polar surface area (TPSA) is 168 Å². The van der Waals surface area contributed by atoms with Crippen molar-refractivity contribution in [1.29, 1.82) is 0 Å². The minimum absolute atomic E-state index is 0.218. The van der Waals surface area contributed by atoms with Gasteiger partial charge in [0.2, 0.25) is 0 Å². The van der Waals surface area contributed by atoms with Crippen LogP contribution in [0.5, 0.6) is 0 Å². The Bertz CT molecular complexity index is 1150. The predicted molar refractivity (Wildman–Crippen MR) is 122 cm³/mol. The summed E-state index contributed by atoms with van der Waals surface area (Å²) in [6, 6.07) is 5.01. The second-order valence-electron chi connectivity index (χ2n) is 7.58. The number of benzene rings is 1. The van der Waals surface area contributed by atoms with E-state index in [1.165, 1.54) is 15.7 Å². The quantitative estimate of drug-likeness (QED) is 0.190. The zero-order chi connectivity index (χ0) is 22.8. The van der Waals surface area contributed by atoms with Crippen molar-refractivity contribution in [2.24, 2.45) is 5.84 Å². The molecule has 0 saturated carbocycles. The van der Waals surface area contributed by atoms with E-state index in [1.807, 2.05) is 12.1 Å². The number of anilines is 5. The molecule has 3 aromatic rings. The summed E-state index contributed by atoms with van der Waals surface area (Å²) in [5.74, 6) is 6.68. The molecule has 1 aliphatic rings. The number of carbonyl (C=O) groups excluding carboxylic acids is 1. The second kappa shape index (κ2) is 8.86. The summed E-state index contributed by atoms with van der Waals surface area (Å²) >= 11 is 0. The van der Waals surface area contributed by atoms with Crippen molar-refractivity contribution in [3.8, 4) is 0 Å².